The summed E-state index contributed by atoms with van der Waals surface area (Å²) in [5.41, 5.74) is 1.24. The van der Waals surface area contributed by atoms with Crippen LogP contribution in [0.4, 0.5) is 0 Å². The minimum absolute atomic E-state index is 0.0682. The van der Waals surface area contributed by atoms with Crippen molar-refractivity contribution in [2.24, 2.45) is 0 Å². The van der Waals surface area contributed by atoms with Gasteiger partial charge in [0.1, 0.15) is 0 Å². The first-order chi connectivity index (χ1) is 7.82. The Bertz CT molecular complexity index is 488. The van der Waals surface area contributed by atoms with Gasteiger partial charge in [-0.1, -0.05) is 39.3 Å². The topological polar surface area (TPSA) is 34.1 Å². The molecule has 94 valence electrons. The van der Waals surface area contributed by atoms with Crippen LogP contribution in [-0.4, -0.2) is 13.7 Å². The van der Waals surface area contributed by atoms with E-state index in [9.17, 15) is 8.42 Å². The quantitative estimate of drug-likeness (QED) is 0.809. The van der Waals surface area contributed by atoms with Crippen molar-refractivity contribution < 1.29 is 8.42 Å². The van der Waals surface area contributed by atoms with Gasteiger partial charge in [0.15, 0.2) is 9.84 Å². The lowest BCUT2D eigenvalue weighted by molar-refractivity contribution is 0.476. The van der Waals surface area contributed by atoms with Crippen molar-refractivity contribution in [1.29, 1.82) is 0 Å². The molecule has 1 aromatic carbocycles. The first kappa shape index (κ1) is 12.6. The molecule has 0 aromatic heterocycles. The van der Waals surface area contributed by atoms with Gasteiger partial charge in [-0.25, -0.2) is 8.42 Å². The van der Waals surface area contributed by atoms with Crippen molar-refractivity contribution in [2.45, 2.75) is 55.6 Å². The summed E-state index contributed by atoms with van der Waals surface area (Å²) in [6, 6.07) is 7.39. The van der Waals surface area contributed by atoms with Crippen molar-refractivity contribution >= 4 is 9.84 Å². The predicted molar refractivity (Wildman–Crippen MR) is 70.0 cm³/mol. The first-order valence-electron chi connectivity index (χ1n) is 6.16. The van der Waals surface area contributed by atoms with Crippen molar-refractivity contribution in [3.05, 3.63) is 29.8 Å². The molecule has 1 aliphatic carbocycles. The SMILES string of the molecule is CC(C)(C)c1ccc(S(=O)(=O)C2CCC2)cc1. The minimum atomic E-state index is -3.06. The maximum absolute atomic E-state index is 12.2. The molecule has 0 N–H and O–H groups in total. The highest BCUT2D eigenvalue weighted by atomic mass is 32.2. The molecule has 0 amide bonds. The summed E-state index contributed by atoms with van der Waals surface area (Å²) in [5.74, 6) is 0. The summed E-state index contributed by atoms with van der Waals surface area (Å²) in [5, 5.41) is -0.136. The summed E-state index contributed by atoms with van der Waals surface area (Å²) in [7, 11) is -3.06. The molecule has 17 heavy (non-hydrogen) atoms. The van der Waals surface area contributed by atoms with Gasteiger partial charge in [0.2, 0.25) is 0 Å². The lowest BCUT2D eigenvalue weighted by Crippen LogP contribution is -2.28. The zero-order chi connectivity index (χ0) is 12.7. The Morgan fingerprint density at radius 1 is 1.06 bits per heavy atom. The van der Waals surface area contributed by atoms with Crippen LogP contribution >= 0.6 is 0 Å². The van der Waals surface area contributed by atoms with Crippen LogP contribution in [0.25, 0.3) is 0 Å². The van der Waals surface area contributed by atoms with E-state index in [1.807, 2.05) is 12.1 Å². The van der Waals surface area contributed by atoms with Gasteiger partial charge < -0.3 is 0 Å². The lowest BCUT2D eigenvalue weighted by Gasteiger charge is -2.25. The van der Waals surface area contributed by atoms with E-state index in [0.29, 0.717) is 4.90 Å². The van der Waals surface area contributed by atoms with Crippen molar-refractivity contribution in [3.8, 4) is 0 Å². The standard InChI is InChI=1S/C14H20O2S/c1-14(2,3)11-7-9-13(10-8-11)17(15,16)12-5-4-6-12/h7-10,12H,4-6H2,1-3H3. The number of hydrogen-bond donors (Lipinski definition) is 0. The zero-order valence-corrected chi connectivity index (χ0v) is 11.5. The second-order valence-corrected chi connectivity index (χ2v) is 8.10. The predicted octanol–water partition coefficient (Wildman–Crippen LogP) is 3.31. The molecule has 0 unspecified atom stereocenters. The summed E-state index contributed by atoms with van der Waals surface area (Å²) in [6.07, 6.45) is 2.69. The Balaban J connectivity index is 2.29. The van der Waals surface area contributed by atoms with Gasteiger partial charge in [-0.2, -0.15) is 0 Å². The summed E-state index contributed by atoms with van der Waals surface area (Å²) >= 11 is 0. The molecule has 0 heterocycles. The van der Waals surface area contributed by atoms with E-state index < -0.39 is 9.84 Å². The second kappa shape index (κ2) is 4.13. The fourth-order valence-electron chi connectivity index (χ4n) is 2.02. The van der Waals surface area contributed by atoms with E-state index >= 15 is 0 Å². The molecule has 0 radical (unpaired) electrons. The lowest BCUT2D eigenvalue weighted by atomic mass is 9.87. The molecule has 2 rings (SSSR count). The van der Waals surface area contributed by atoms with Gasteiger partial charge in [-0.05, 0) is 36.0 Å². The molecule has 3 heteroatoms. The molecule has 0 spiro atoms. The smallest absolute Gasteiger partial charge is 0.181 e. The molecule has 0 bridgehead atoms. The van der Waals surface area contributed by atoms with E-state index in [4.69, 9.17) is 0 Å². The molecule has 0 aliphatic heterocycles. The van der Waals surface area contributed by atoms with Crippen molar-refractivity contribution in [1.82, 2.24) is 0 Å². The van der Waals surface area contributed by atoms with Crippen molar-refractivity contribution in [2.75, 3.05) is 0 Å². The molecule has 1 saturated carbocycles. The minimum Gasteiger partial charge on any atom is -0.223 e. The van der Waals surface area contributed by atoms with Gasteiger partial charge in [-0.15, -0.1) is 0 Å². The number of rotatable bonds is 2. The van der Waals surface area contributed by atoms with Crippen molar-refractivity contribution in [3.63, 3.8) is 0 Å². The Labute approximate surface area is 104 Å². The Kier molecular flexibility index (Phi) is 3.06. The third-order valence-corrected chi connectivity index (χ3v) is 5.82. The van der Waals surface area contributed by atoms with Crippen LogP contribution in [0.5, 0.6) is 0 Å². The highest BCUT2D eigenvalue weighted by molar-refractivity contribution is 7.92. The monoisotopic (exact) mass is 252 g/mol. The fraction of sp³-hybridized carbons (Fsp3) is 0.571. The van der Waals surface area contributed by atoms with Crippen LogP contribution in [0.3, 0.4) is 0 Å². The fourth-order valence-corrected chi connectivity index (χ4v) is 3.87. The summed E-state index contributed by atoms with van der Waals surface area (Å²) in [6.45, 7) is 6.38. The van der Waals surface area contributed by atoms with E-state index in [2.05, 4.69) is 20.8 Å². The highest BCUT2D eigenvalue weighted by Gasteiger charge is 2.32. The molecular formula is C14H20O2S. The van der Waals surface area contributed by atoms with Gasteiger partial charge in [0.25, 0.3) is 0 Å². The molecule has 1 fully saturated rings. The second-order valence-electron chi connectivity index (χ2n) is 5.87. The van der Waals surface area contributed by atoms with Crippen LogP contribution in [0, 0.1) is 0 Å². The molecular weight excluding hydrogens is 232 g/mol. The molecule has 1 aliphatic rings. The molecule has 1 aromatic rings. The normalized spacial score (nSPS) is 17.8. The van der Waals surface area contributed by atoms with E-state index in [1.54, 1.807) is 12.1 Å². The molecule has 2 nitrogen and oxygen atoms in total. The first-order valence-corrected chi connectivity index (χ1v) is 7.71. The highest BCUT2D eigenvalue weighted by Crippen LogP contribution is 2.32. The van der Waals surface area contributed by atoms with Gasteiger partial charge in [-0.3, -0.25) is 0 Å². The largest absolute Gasteiger partial charge is 0.223 e. The van der Waals surface area contributed by atoms with Gasteiger partial charge in [0.05, 0.1) is 10.1 Å². The Morgan fingerprint density at radius 2 is 1.59 bits per heavy atom. The third kappa shape index (κ3) is 2.39. The summed E-state index contributed by atoms with van der Waals surface area (Å²) in [4.78, 5) is 0.482. The number of sulfone groups is 1. The summed E-state index contributed by atoms with van der Waals surface area (Å²) < 4.78 is 24.4. The zero-order valence-electron chi connectivity index (χ0n) is 10.7. The van der Waals surface area contributed by atoms with Crippen LogP contribution in [0.15, 0.2) is 29.2 Å². The molecule has 0 atom stereocenters. The number of benzene rings is 1. The Hall–Kier alpha value is -0.830. The maximum atomic E-state index is 12.2. The van der Waals surface area contributed by atoms with Crippen LogP contribution < -0.4 is 0 Å². The average molecular weight is 252 g/mol. The third-order valence-electron chi connectivity index (χ3n) is 3.54. The Morgan fingerprint density at radius 3 is 1.94 bits per heavy atom. The molecule has 0 saturated heterocycles. The van der Waals surface area contributed by atoms with Crippen LogP contribution in [0.1, 0.15) is 45.6 Å². The van der Waals surface area contributed by atoms with Gasteiger partial charge in [0, 0.05) is 0 Å². The van der Waals surface area contributed by atoms with E-state index in [1.165, 1.54) is 5.56 Å². The van der Waals surface area contributed by atoms with Crippen LogP contribution in [-0.2, 0) is 15.3 Å². The maximum Gasteiger partial charge on any atom is 0.181 e. The van der Waals surface area contributed by atoms with E-state index in [-0.39, 0.29) is 10.7 Å². The average Bonchev–Trinajstić information content (AvgIpc) is 2.13. The van der Waals surface area contributed by atoms with Gasteiger partial charge >= 0.3 is 0 Å². The number of hydrogen-bond acceptors (Lipinski definition) is 2. The van der Waals surface area contributed by atoms with E-state index in [0.717, 1.165) is 19.3 Å². The van der Waals surface area contributed by atoms with Crippen LogP contribution in [0.2, 0.25) is 0 Å².